The lowest BCUT2D eigenvalue weighted by molar-refractivity contribution is 0.0781. The van der Waals surface area contributed by atoms with E-state index < -0.39 is 0 Å². The Morgan fingerprint density at radius 2 is 1.83 bits per heavy atom. The number of pyridine rings is 1. The van der Waals surface area contributed by atoms with Crippen LogP contribution >= 0.6 is 27.7 Å². The van der Waals surface area contributed by atoms with Crippen LogP contribution in [0.3, 0.4) is 0 Å². The van der Waals surface area contributed by atoms with Gasteiger partial charge in [0.25, 0.3) is 5.91 Å². The standard InChI is InChI=1S/C23H20BrN3OS/c1-26(14-17-8-2-4-10-20(17)24)23(28)19-9-3-5-11-21(19)29-16-18-15-27-13-7-6-12-22(27)25-18/h2-13,15H,14,16H2,1H3. The molecule has 6 heteroatoms. The number of carbonyl (C=O) groups excluding carboxylic acids is 1. The average molecular weight is 466 g/mol. The molecule has 4 nitrogen and oxygen atoms in total. The van der Waals surface area contributed by atoms with Gasteiger partial charge in [-0.3, -0.25) is 4.79 Å². The summed E-state index contributed by atoms with van der Waals surface area (Å²) in [5, 5.41) is 0. The second-order valence-corrected chi connectivity index (χ2v) is 8.61. The number of aromatic nitrogens is 2. The summed E-state index contributed by atoms with van der Waals surface area (Å²) in [6.45, 7) is 0.547. The molecule has 0 aliphatic carbocycles. The van der Waals surface area contributed by atoms with E-state index >= 15 is 0 Å². The van der Waals surface area contributed by atoms with Crippen LogP contribution in [0.2, 0.25) is 0 Å². The molecule has 0 aliphatic rings. The molecule has 2 heterocycles. The van der Waals surface area contributed by atoms with Crippen molar-refractivity contribution in [2.75, 3.05) is 7.05 Å². The van der Waals surface area contributed by atoms with E-state index in [1.165, 1.54) is 0 Å². The average Bonchev–Trinajstić information content (AvgIpc) is 3.16. The number of amides is 1. The van der Waals surface area contributed by atoms with E-state index in [4.69, 9.17) is 0 Å². The number of benzene rings is 2. The minimum absolute atomic E-state index is 0.0128. The van der Waals surface area contributed by atoms with Gasteiger partial charge < -0.3 is 9.30 Å². The Morgan fingerprint density at radius 3 is 2.66 bits per heavy atom. The number of nitrogens with zero attached hydrogens (tertiary/aromatic N) is 3. The van der Waals surface area contributed by atoms with Gasteiger partial charge in [-0.25, -0.2) is 4.98 Å². The Labute approximate surface area is 182 Å². The molecule has 146 valence electrons. The Kier molecular flexibility index (Phi) is 6.02. The van der Waals surface area contributed by atoms with Gasteiger partial charge in [-0.05, 0) is 35.9 Å². The Balaban J connectivity index is 1.49. The summed E-state index contributed by atoms with van der Waals surface area (Å²) < 4.78 is 3.02. The molecule has 0 fully saturated rings. The Bertz CT molecular complexity index is 1120. The van der Waals surface area contributed by atoms with Gasteiger partial charge in [0.05, 0.1) is 11.3 Å². The fourth-order valence-corrected chi connectivity index (χ4v) is 4.48. The lowest BCUT2D eigenvalue weighted by Crippen LogP contribution is -2.26. The lowest BCUT2D eigenvalue weighted by atomic mass is 10.1. The molecule has 0 spiro atoms. The predicted octanol–water partition coefficient (Wildman–Crippen LogP) is 5.66. The normalized spacial score (nSPS) is 11.0. The van der Waals surface area contributed by atoms with Gasteiger partial charge in [0.2, 0.25) is 0 Å². The van der Waals surface area contributed by atoms with Crippen molar-refractivity contribution in [1.82, 2.24) is 14.3 Å². The van der Waals surface area contributed by atoms with Crippen LogP contribution in [0.25, 0.3) is 5.65 Å². The number of hydrogen-bond acceptors (Lipinski definition) is 3. The molecular weight excluding hydrogens is 446 g/mol. The van der Waals surface area contributed by atoms with E-state index in [0.717, 1.165) is 31.8 Å². The largest absolute Gasteiger partial charge is 0.337 e. The molecule has 0 N–H and O–H groups in total. The van der Waals surface area contributed by atoms with Gasteiger partial charge in [-0.15, -0.1) is 11.8 Å². The van der Waals surface area contributed by atoms with Crippen molar-refractivity contribution in [1.29, 1.82) is 0 Å². The number of hydrogen-bond donors (Lipinski definition) is 0. The zero-order valence-electron chi connectivity index (χ0n) is 16.0. The zero-order chi connectivity index (χ0) is 20.2. The highest BCUT2D eigenvalue weighted by atomic mass is 79.9. The van der Waals surface area contributed by atoms with Crippen molar-refractivity contribution in [3.63, 3.8) is 0 Å². The van der Waals surface area contributed by atoms with Gasteiger partial charge in [0.15, 0.2) is 0 Å². The summed E-state index contributed by atoms with van der Waals surface area (Å²) in [6.07, 6.45) is 4.02. The van der Waals surface area contributed by atoms with Crippen molar-refractivity contribution in [3.8, 4) is 0 Å². The van der Waals surface area contributed by atoms with Crippen LogP contribution in [0.1, 0.15) is 21.6 Å². The summed E-state index contributed by atoms with van der Waals surface area (Å²) >= 11 is 5.20. The smallest absolute Gasteiger partial charge is 0.255 e. The highest BCUT2D eigenvalue weighted by Crippen LogP contribution is 2.27. The van der Waals surface area contributed by atoms with Crippen LogP contribution in [0.15, 0.2) is 88.5 Å². The quantitative estimate of drug-likeness (QED) is 0.344. The van der Waals surface area contributed by atoms with Crippen LogP contribution < -0.4 is 0 Å². The summed E-state index contributed by atoms with van der Waals surface area (Å²) in [5.41, 5.74) is 3.72. The number of carbonyl (C=O) groups is 1. The first kappa shape index (κ1) is 19.7. The van der Waals surface area contributed by atoms with Crippen molar-refractivity contribution in [2.24, 2.45) is 0 Å². The van der Waals surface area contributed by atoms with E-state index in [2.05, 4.69) is 20.9 Å². The monoisotopic (exact) mass is 465 g/mol. The number of fused-ring (bicyclic) bond motifs is 1. The summed E-state index contributed by atoms with van der Waals surface area (Å²) in [7, 11) is 1.84. The van der Waals surface area contributed by atoms with Gasteiger partial charge in [0, 0.05) is 41.1 Å². The van der Waals surface area contributed by atoms with E-state index in [0.29, 0.717) is 12.3 Å². The molecule has 29 heavy (non-hydrogen) atoms. The summed E-state index contributed by atoms with van der Waals surface area (Å²) in [5.74, 6) is 0.721. The highest BCUT2D eigenvalue weighted by Gasteiger charge is 2.17. The van der Waals surface area contributed by atoms with Crippen molar-refractivity contribution in [2.45, 2.75) is 17.2 Å². The molecule has 4 rings (SSSR count). The van der Waals surface area contributed by atoms with Crippen LogP contribution in [-0.2, 0) is 12.3 Å². The fourth-order valence-electron chi connectivity index (χ4n) is 3.14. The SMILES string of the molecule is CN(Cc1ccccc1Br)C(=O)c1ccccc1SCc1cn2ccccc2n1. The third-order valence-corrected chi connectivity index (χ3v) is 6.50. The first-order chi connectivity index (χ1) is 14.1. The molecule has 4 aromatic rings. The maximum absolute atomic E-state index is 13.1. The lowest BCUT2D eigenvalue weighted by Gasteiger charge is -2.19. The van der Waals surface area contributed by atoms with Crippen LogP contribution in [0, 0.1) is 0 Å². The van der Waals surface area contributed by atoms with Gasteiger partial charge >= 0.3 is 0 Å². The molecular formula is C23H20BrN3OS. The number of imidazole rings is 1. The zero-order valence-corrected chi connectivity index (χ0v) is 18.4. The molecule has 2 aromatic carbocycles. The number of thioether (sulfide) groups is 1. The summed E-state index contributed by atoms with van der Waals surface area (Å²) in [4.78, 5) is 20.5. The first-order valence-electron chi connectivity index (χ1n) is 9.25. The van der Waals surface area contributed by atoms with E-state index in [9.17, 15) is 4.79 Å². The molecule has 1 amide bonds. The van der Waals surface area contributed by atoms with Crippen molar-refractivity contribution >= 4 is 39.2 Å². The molecule has 0 bridgehead atoms. The van der Waals surface area contributed by atoms with Crippen LogP contribution in [0.5, 0.6) is 0 Å². The number of halogens is 1. The third kappa shape index (κ3) is 4.54. The van der Waals surface area contributed by atoms with E-state index in [-0.39, 0.29) is 5.91 Å². The van der Waals surface area contributed by atoms with E-state index in [1.54, 1.807) is 16.7 Å². The molecule has 0 aliphatic heterocycles. The first-order valence-corrected chi connectivity index (χ1v) is 11.0. The maximum atomic E-state index is 13.1. The fraction of sp³-hybridized carbons (Fsp3) is 0.130. The van der Waals surface area contributed by atoms with Crippen LogP contribution in [-0.4, -0.2) is 27.2 Å². The van der Waals surface area contributed by atoms with Crippen LogP contribution in [0.4, 0.5) is 0 Å². The molecule has 0 unspecified atom stereocenters. The van der Waals surface area contributed by atoms with Gasteiger partial charge in [0.1, 0.15) is 5.65 Å². The molecule has 0 radical (unpaired) electrons. The molecule has 0 saturated carbocycles. The number of rotatable bonds is 6. The second-order valence-electron chi connectivity index (χ2n) is 6.74. The topological polar surface area (TPSA) is 37.6 Å². The molecule has 0 atom stereocenters. The molecule has 2 aromatic heterocycles. The minimum Gasteiger partial charge on any atom is -0.337 e. The van der Waals surface area contributed by atoms with Gasteiger partial charge in [-0.1, -0.05) is 52.3 Å². The maximum Gasteiger partial charge on any atom is 0.255 e. The minimum atomic E-state index is 0.0128. The van der Waals surface area contributed by atoms with Crippen molar-refractivity contribution < 1.29 is 4.79 Å². The molecule has 0 saturated heterocycles. The Morgan fingerprint density at radius 1 is 1.07 bits per heavy atom. The predicted molar refractivity (Wildman–Crippen MR) is 121 cm³/mol. The van der Waals surface area contributed by atoms with E-state index in [1.807, 2.05) is 90.6 Å². The highest BCUT2D eigenvalue weighted by molar-refractivity contribution is 9.10. The van der Waals surface area contributed by atoms with Crippen molar-refractivity contribution in [3.05, 3.63) is 100 Å². The Hall–Kier alpha value is -2.57. The summed E-state index contributed by atoms with van der Waals surface area (Å²) in [6, 6.07) is 21.7. The second kappa shape index (κ2) is 8.84. The van der Waals surface area contributed by atoms with Gasteiger partial charge in [-0.2, -0.15) is 0 Å². The third-order valence-electron chi connectivity index (χ3n) is 4.62.